The van der Waals surface area contributed by atoms with Gasteiger partial charge in [0.2, 0.25) is 5.91 Å². The minimum atomic E-state index is -4.02. The number of benzene rings is 4. The Balaban J connectivity index is 1.68. The molecule has 0 aliphatic rings. The van der Waals surface area contributed by atoms with Crippen LogP contribution in [-0.2, 0) is 14.8 Å². The summed E-state index contributed by atoms with van der Waals surface area (Å²) < 4.78 is 28.2. The zero-order valence-corrected chi connectivity index (χ0v) is 20.7. The smallest absolute Gasteiger partial charge is 0.264 e. The number of rotatable bonds is 8. The molecule has 1 atom stereocenters. The standard InChI is InChI=1S/C28H25ClN2O3S/c1-21-15-17-23(18-16-21)28(22-9-4-2-5-10-22)30-27(32)20-31(25-12-8-11-24(29)19-25)35(33,34)26-13-6-3-7-14-26/h2-19,28H,20H2,1H3,(H,30,32)/t28-/m1/s1. The van der Waals surface area contributed by atoms with E-state index in [2.05, 4.69) is 5.32 Å². The Morgan fingerprint density at radius 3 is 2.06 bits per heavy atom. The Bertz CT molecular complexity index is 1390. The third-order valence-electron chi connectivity index (χ3n) is 5.56. The van der Waals surface area contributed by atoms with Crippen LogP contribution in [-0.4, -0.2) is 20.9 Å². The lowest BCUT2D eigenvalue weighted by molar-refractivity contribution is -0.120. The Morgan fingerprint density at radius 1 is 0.829 bits per heavy atom. The van der Waals surface area contributed by atoms with Crippen molar-refractivity contribution in [2.45, 2.75) is 17.9 Å². The summed E-state index contributed by atoms with van der Waals surface area (Å²) in [4.78, 5) is 13.5. The molecule has 0 fully saturated rings. The second-order valence-electron chi connectivity index (χ2n) is 8.13. The van der Waals surface area contributed by atoms with E-state index in [0.29, 0.717) is 10.7 Å². The predicted molar refractivity (Wildman–Crippen MR) is 140 cm³/mol. The molecule has 35 heavy (non-hydrogen) atoms. The first kappa shape index (κ1) is 24.5. The zero-order valence-electron chi connectivity index (χ0n) is 19.1. The van der Waals surface area contributed by atoms with Crippen molar-refractivity contribution in [1.29, 1.82) is 0 Å². The lowest BCUT2D eigenvalue weighted by Crippen LogP contribution is -2.42. The lowest BCUT2D eigenvalue weighted by atomic mass is 9.98. The van der Waals surface area contributed by atoms with Crippen LogP contribution in [0.4, 0.5) is 5.69 Å². The quantitative estimate of drug-likeness (QED) is 0.332. The number of nitrogens with one attached hydrogen (secondary N) is 1. The monoisotopic (exact) mass is 504 g/mol. The zero-order chi connectivity index (χ0) is 24.8. The average Bonchev–Trinajstić information content (AvgIpc) is 2.87. The molecule has 178 valence electrons. The number of amides is 1. The summed E-state index contributed by atoms with van der Waals surface area (Å²) in [5.41, 5.74) is 3.20. The summed E-state index contributed by atoms with van der Waals surface area (Å²) in [5, 5.41) is 3.40. The Labute approximate surface area is 211 Å². The molecule has 0 radical (unpaired) electrons. The normalized spacial score (nSPS) is 12.1. The van der Waals surface area contributed by atoms with Gasteiger partial charge in [-0.25, -0.2) is 8.42 Å². The molecule has 0 heterocycles. The van der Waals surface area contributed by atoms with Gasteiger partial charge in [0.1, 0.15) is 6.54 Å². The van der Waals surface area contributed by atoms with Gasteiger partial charge in [-0.15, -0.1) is 0 Å². The van der Waals surface area contributed by atoms with Gasteiger partial charge in [0.25, 0.3) is 10.0 Å². The molecule has 5 nitrogen and oxygen atoms in total. The van der Waals surface area contributed by atoms with E-state index in [0.717, 1.165) is 21.0 Å². The second kappa shape index (κ2) is 10.8. The van der Waals surface area contributed by atoms with Gasteiger partial charge in [0, 0.05) is 5.02 Å². The molecule has 7 heteroatoms. The molecule has 0 aliphatic heterocycles. The van der Waals surface area contributed by atoms with Crippen LogP contribution in [0.15, 0.2) is 114 Å². The minimum absolute atomic E-state index is 0.0888. The van der Waals surface area contributed by atoms with E-state index >= 15 is 0 Å². The van der Waals surface area contributed by atoms with Crippen LogP contribution in [0.3, 0.4) is 0 Å². The van der Waals surface area contributed by atoms with E-state index in [1.807, 2.05) is 61.5 Å². The van der Waals surface area contributed by atoms with Crippen molar-refractivity contribution in [3.05, 3.63) is 131 Å². The van der Waals surface area contributed by atoms with Crippen molar-refractivity contribution in [1.82, 2.24) is 5.32 Å². The van der Waals surface area contributed by atoms with E-state index in [1.54, 1.807) is 36.4 Å². The van der Waals surface area contributed by atoms with E-state index in [-0.39, 0.29) is 4.90 Å². The van der Waals surface area contributed by atoms with E-state index in [9.17, 15) is 13.2 Å². The van der Waals surface area contributed by atoms with Crippen LogP contribution in [0, 0.1) is 6.92 Å². The maximum atomic E-state index is 13.5. The van der Waals surface area contributed by atoms with Gasteiger partial charge in [0.05, 0.1) is 16.6 Å². The summed E-state index contributed by atoms with van der Waals surface area (Å²) in [6, 6.07) is 31.5. The minimum Gasteiger partial charge on any atom is -0.344 e. The first-order chi connectivity index (χ1) is 16.8. The SMILES string of the molecule is Cc1ccc([C@H](NC(=O)CN(c2cccc(Cl)c2)S(=O)(=O)c2ccccc2)c2ccccc2)cc1. The fourth-order valence-corrected chi connectivity index (χ4v) is 5.38. The summed E-state index contributed by atoms with van der Waals surface area (Å²) >= 11 is 6.16. The lowest BCUT2D eigenvalue weighted by Gasteiger charge is -2.26. The molecule has 0 spiro atoms. The number of hydrogen-bond donors (Lipinski definition) is 1. The van der Waals surface area contributed by atoms with Crippen LogP contribution in [0.5, 0.6) is 0 Å². The Hall–Kier alpha value is -3.61. The van der Waals surface area contributed by atoms with Gasteiger partial charge < -0.3 is 5.32 Å². The molecule has 0 aliphatic carbocycles. The Kier molecular flexibility index (Phi) is 7.54. The van der Waals surface area contributed by atoms with Gasteiger partial charge in [-0.05, 0) is 48.4 Å². The fourth-order valence-electron chi connectivity index (χ4n) is 3.77. The largest absolute Gasteiger partial charge is 0.344 e. The molecular weight excluding hydrogens is 480 g/mol. The molecule has 4 aromatic rings. The highest BCUT2D eigenvalue weighted by molar-refractivity contribution is 7.92. The first-order valence-electron chi connectivity index (χ1n) is 11.1. The highest BCUT2D eigenvalue weighted by atomic mass is 35.5. The van der Waals surface area contributed by atoms with Gasteiger partial charge in [-0.3, -0.25) is 9.10 Å². The predicted octanol–water partition coefficient (Wildman–Crippen LogP) is 5.75. The number of halogens is 1. The highest BCUT2D eigenvalue weighted by Gasteiger charge is 2.28. The number of hydrogen-bond acceptors (Lipinski definition) is 3. The molecule has 0 unspecified atom stereocenters. The number of anilines is 1. The molecule has 0 bridgehead atoms. The molecular formula is C28H25ClN2O3S. The van der Waals surface area contributed by atoms with Crippen LogP contribution in [0.2, 0.25) is 5.02 Å². The van der Waals surface area contributed by atoms with E-state index < -0.39 is 28.5 Å². The van der Waals surface area contributed by atoms with Gasteiger partial charge in [-0.2, -0.15) is 0 Å². The molecule has 0 saturated heterocycles. The first-order valence-corrected chi connectivity index (χ1v) is 12.9. The molecule has 1 N–H and O–H groups in total. The van der Waals surface area contributed by atoms with E-state index in [4.69, 9.17) is 11.6 Å². The fraction of sp³-hybridized carbons (Fsp3) is 0.107. The summed E-state index contributed by atoms with van der Waals surface area (Å²) in [6.07, 6.45) is 0. The van der Waals surface area contributed by atoms with Crippen molar-refractivity contribution in [2.75, 3.05) is 10.8 Å². The van der Waals surface area contributed by atoms with Crippen molar-refractivity contribution in [3.63, 3.8) is 0 Å². The highest BCUT2D eigenvalue weighted by Crippen LogP contribution is 2.27. The van der Waals surface area contributed by atoms with Gasteiger partial charge >= 0.3 is 0 Å². The Morgan fingerprint density at radius 2 is 1.43 bits per heavy atom. The second-order valence-corrected chi connectivity index (χ2v) is 10.4. The van der Waals surface area contributed by atoms with Crippen molar-refractivity contribution < 1.29 is 13.2 Å². The molecule has 0 saturated carbocycles. The van der Waals surface area contributed by atoms with Gasteiger partial charge in [-0.1, -0.05) is 96.0 Å². The topological polar surface area (TPSA) is 66.5 Å². The van der Waals surface area contributed by atoms with Crippen molar-refractivity contribution in [3.8, 4) is 0 Å². The number of carbonyl (C=O) groups excluding carboxylic acids is 1. The van der Waals surface area contributed by atoms with Crippen LogP contribution in [0.25, 0.3) is 0 Å². The molecule has 0 aromatic heterocycles. The third-order valence-corrected chi connectivity index (χ3v) is 7.59. The summed E-state index contributed by atoms with van der Waals surface area (Å²) in [6.45, 7) is 1.59. The third kappa shape index (κ3) is 5.91. The van der Waals surface area contributed by atoms with Crippen LogP contribution >= 0.6 is 11.6 Å². The van der Waals surface area contributed by atoms with Gasteiger partial charge in [0.15, 0.2) is 0 Å². The maximum Gasteiger partial charge on any atom is 0.264 e. The molecule has 4 rings (SSSR count). The maximum absolute atomic E-state index is 13.5. The van der Waals surface area contributed by atoms with E-state index in [1.165, 1.54) is 18.2 Å². The van der Waals surface area contributed by atoms with Crippen LogP contribution in [0.1, 0.15) is 22.7 Å². The number of carbonyl (C=O) groups is 1. The van der Waals surface area contributed by atoms with Crippen molar-refractivity contribution >= 4 is 33.2 Å². The molecule has 4 aromatic carbocycles. The van der Waals surface area contributed by atoms with Crippen molar-refractivity contribution in [2.24, 2.45) is 0 Å². The molecule has 1 amide bonds. The number of sulfonamides is 1. The summed E-state index contributed by atoms with van der Waals surface area (Å²) in [5.74, 6) is -0.445. The average molecular weight is 505 g/mol. The van der Waals surface area contributed by atoms with Crippen LogP contribution < -0.4 is 9.62 Å². The summed E-state index contributed by atoms with van der Waals surface area (Å²) in [7, 11) is -4.02. The number of nitrogens with zero attached hydrogens (tertiary/aromatic N) is 1. The number of aryl methyl sites for hydroxylation is 1.